The lowest BCUT2D eigenvalue weighted by molar-refractivity contribution is -0.274. The Balaban J connectivity index is 0.00000200. The largest absolute Gasteiger partial charge is 0.573 e. The lowest BCUT2D eigenvalue weighted by atomic mass is 10.1. The third-order valence-corrected chi connectivity index (χ3v) is 3.40. The van der Waals surface area contributed by atoms with E-state index in [0.717, 1.165) is 25.1 Å². The Bertz CT molecular complexity index is 425. The van der Waals surface area contributed by atoms with Crippen LogP contribution in [0.25, 0.3) is 0 Å². The maximum Gasteiger partial charge on any atom is 0.573 e. The van der Waals surface area contributed by atoms with Crippen molar-refractivity contribution in [1.82, 2.24) is 4.90 Å². The van der Waals surface area contributed by atoms with Gasteiger partial charge in [-0.1, -0.05) is 12.1 Å². The fourth-order valence-corrected chi connectivity index (χ4v) is 2.33. The minimum Gasteiger partial charge on any atom is -0.406 e. The predicted molar refractivity (Wildman–Crippen MR) is 73.0 cm³/mol. The van der Waals surface area contributed by atoms with Gasteiger partial charge in [0.25, 0.3) is 0 Å². The smallest absolute Gasteiger partial charge is 0.406 e. The molecule has 0 spiro atoms. The van der Waals surface area contributed by atoms with Gasteiger partial charge in [0.15, 0.2) is 0 Å². The van der Waals surface area contributed by atoms with Crippen LogP contribution in [0, 0.1) is 0 Å². The van der Waals surface area contributed by atoms with Crippen molar-refractivity contribution < 1.29 is 17.9 Å². The van der Waals surface area contributed by atoms with Crippen molar-refractivity contribution in [3.63, 3.8) is 0 Å². The zero-order valence-electron chi connectivity index (χ0n) is 11.1. The number of nitrogens with two attached hydrogens (primary N) is 1. The van der Waals surface area contributed by atoms with E-state index in [0.29, 0.717) is 0 Å². The van der Waals surface area contributed by atoms with E-state index in [1.165, 1.54) is 12.1 Å². The first kappa shape index (κ1) is 17.1. The van der Waals surface area contributed by atoms with Crippen LogP contribution in [0.2, 0.25) is 0 Å². The van der Waals surface area contributed by atoms with Crippen molar-refractivity contribution >= 4 is 12.4 Å². The molecule has 7 heteroatoms. The highest BCUT2D eigenvalue weighted by Gasteiger charge is 2.31. The summed E-state index contributed by atoms with van der Waals surface area (Å²) in [4.78, 5) is 2.23. The first-order valence-corrected chi connectivity index (χ1v) is 6.20. The van der Waals surface area contributed by atoms with Gasteiger partial charge in [0.05, 0.1) is 0 Å². The summed E-state index contributed by atoms with van der Waals surface area (Å²) in [6.45, 7) is 3.77. The molecule has 0 saturated carbocycles. The van der Waals surface area contributed by atoms with Gasteiger partial charge >= 0.3 is 6.36 Å². The highest BCUT2D eigenvalue weighted by molar-refractivity contribution is 5.85. The standard InChI is InChI=1S/C13H17F3N2O.ClH/c1-9(18-7-6-11(17)8-18)10-2-4-12(5-3-10)19-13(14,15)16;/h2-5,9,11H,6-8,17H2,1H3;1H. The molecule has 1 aromatic carbocycles. The van der Waals surface area contributed by atoms with E-state index in [2.05, 4.69) is 9.64 Å². The van der Waals surface area contributed by atoms with Gasteiger partial charge in [0.1, 0.15) is 5.75 Å². The minimum atomic E-state index is -4.64. The summed E-state index contributed by atoms with van der Waals surface area (Å²) in [6.07, 6.45) is -3.69. The Hall–Kier alpha value is -0.980. The van der Waals surface area contributed by atoms with E-state index in [9.17, 15) is 13.2 Å². The number of hydrogen-bond acceptors (Lipinski definition) is 3. The summed E-state index contributed by atoms with van der Waals surface area (Å²) in [7, 11) is 0. The van der Waals surface area contributed by atoms with Crippen molar-refractivity contribution in [1.29, 1.82) is 0 Å². The summed E-state index contributed by atoms with van der Waals surface area (Å²) in [5.74, 6) is -0.193. The quantitative estimate of drug-likeness (QED) is 0.932. The van der Waals surface area contributed by atoms with E-state index in [4.69, 9.17) is 5.73 Å². The molecule has 1 aromatic rings. The van der Waals surface area contributed by atoms with E-state index in [1.807, 2.05) is 6.92 Å². The summed E-state index contributed by atoms with van der Waals surface area (Å²) >= 11 is 0. The second-order valence-electron chi connectivity index (χ2n) is 4.84. The fraction of sp³-hybridized carbons (Fsp3) is 0.538. The normalized spacial score (nSPS) is 21.4. The molecule has 2 atom stereocenters. The number of halogens is 4. The summed E-state index contributed by atoms with van der Waals surface area (Å²) in [6, 6.07) is 6.35. The number of ether oxygens (including phenoxy) is 1. The summed E-state index contributed by atoms with van der Waals surface area (Å²) in [5, 5.41) is 0. The molecule has 0 aromatic heterocycles. The second kappa shape index (κ2) is 6.65. The SMILES string of the molecule is CC(c1ccc(OC(F)(F)F)cc1)N1CCC(N)C1.Cl. The molecule has 0 aliphatic carbocycles. The molecular formula is C13H18ClF3N2O. The molecule has 1 heterocycles. The zero-order valence-corrected chi connectivity index (χ0v) is 11.9. The summed E-state index contributed by atoms with van der Waals surface area (Å²) < 4.78 is 40.0. The first-order chi connectivity index (χ1) is 8.85. The van der Waals surface area contributed by atoms with Crippen LogP contribution in [0.1, 0.15) is 24.9 Å². The minimum absolute atomic E-state index is 0. The number of likely N-dealkylation sites (tertiary alicyclic amines) is 1. The Labute approximate surface area is 122 Å². The maximum atomic E-state index is 12.0. The van der Waals surface area contributed by atoms with Gasteiger partial charge in [0.2, 0.25) is 0 Å². The Morgan fingerprint density at radius 2 is 1.90 bits per heavy atom. The average Bonchev–Trinajstić information content (AvgIpc) is 2.74. The third kappa shape index (κ3) is 4.54. The lowest BCUT2D eigenvalue weighted by Crippen LogP contribution is -2.28. The molecule has 2 unspecified atom stereocenters. The molecule has 1 fully saturated rings. The van der Waals surface area contributed by atoms with Crippen molar-refractivity contribution in [3.8, 4) is 5.75 Å². The lowest BCUT2D eigenvalue weighted by Gasteiger charge is -2.24. The number of rotatable bonds is 3. The summed E-state index contributed by atoms with van der Waals surface area (Å²) in [5.41, 5.74) is 6.81. The van der Waals surface area contributed by atoms with Crippen molar-refractivity contribution in [2.75, 3.05) is 13.1 Å². The van der Waals surface area contributed by atoms with Gasteiger partial charge in [-0.3, -0.25) is 4.90 Å². The third-order valence-electron chi connectivity index (χ3n) is 3.40. The average molecular weight is 311 g/mol. The number of alkyl halides is 3. The van der Waals surface area contributed by atoms with Crippen LogP contribution < -0.4 is 10.5 Å². The van der Waals surface area contributed by atoms with Crippen LogP contribution in [-0.2, 0) is 0 Å². The van der Waals surface area contributed by atoms with E-state index in [1.54, 1.807) is 12.1 Å². The van der Waals surface area contributed by atoms with Crippen molar-refractivity contribution in [2.45, 2.75) is 31.8 Å². The van der Waals surface area contributed by atoms with Gasteiger partial charge in [0, 0.05) is 25.2 Å². The van der Waals surface area contributed by atoms with Gasteiger partial charge in [-0.15, -0.1) is 25.6 Å². The molecule has 1 aliphatic rings. The second-order valence-corrected chi connectivity index (χ2v) is 4.84. The molecule has 0 radical (unpaired) electrons. The monoisotopic (exact) mass is 310 g/mol. The van der Waals surface area contributed by atoms with Crippen LogP contribution in [0.3, 0.4) is 0 Å². The Morgan fingerprint density at radius 3 is 2.35 bits per heavy atom. The van der Waals surface area contributed by atoms with Crippen LogP contribution in [0.4, 0.5) is 13.2 Å². The van der Waals surface area contributed by atoms with Gasteiger partial charge < -0.3 is 10.5 Å². The number of benzene rings is 1. The molecule has 2 N–H and O–H groups in total. The number of nitrogens with zero attached hydrogens (tertiary/aromatic N) is 1. The van der Waals surface area contributed by atoms with Crippen LogP contribution >= 0.6 is 12.4 Å². The Kier molecular flexibility index (Phi) is 5.68. The van der Waals surface area contributed by atoms with E-state index >= 15 is 0 Å². The Morgan fingerprint density at radius 1 is 1.30 bits per heavy atom. The highest BCUT2D eigenvalue weighted by atomic mass is 35.5. The molecule has 1 saturated heterocycles. The highest BCUT2D eigenvalue weighted by Crippen LogP contribution is 2.27. The fourth-order valence-electron chi connectivity index (χ4n) is 2.33. The maximum absolute atomic E-state index is 12.0. The zero-order chi connectivity index (χ0) is 14.0. The molecule has 3 nitrogen and oxygen atoms in total. The predicted octanol–water partition coefficient (Wildman–Crippen LogP) is 3.10. The topological polar surface area (TPSA) is 38.5 Å². The van der Waals surface area contributed by atoms with Crippen molar-refractivity contribution in [3.05, 3.63) is 29.8 Å². The van der Waals surface area contributed by atoms with E-state index < -0.39 is 6.36 Å². The molecule has 2 rings (SSSR count). The van der Waals surface area contributed by atoms with Crippen LogP contribution in [0.5, 0.6) is 5.75 Å². The van der Waals surface area contributed by atoms with Gasteiger partial charge in [-0.05, 0) is 31.0 Å². The van der Waals surface area contributed by atoms with Gasteiger partial charge in [-0.25, -0.2) is 0 Å². The van der Waals surface area contributed by atoms with Crippen LogP contribution in [0.15, 0.2) is 24.3 Å². The number of hydrogen-bond donors (Lipinski definition) is 1. The van der Waals surface area contributed by atoms with Gasteiger partial charge in [-0.2, -0.15) is 0 Å². The molecule has 0 amide bonds. The van der Waals surface area contributed by atoms with Crippen LogP contribution in [-0.4, -0.2) is 30.4 Å². The first-order valence-electron chi connectivity index (χ1n) is 6.20. The molecule has 114 valence electrons. The molecule has 0 bridgehead atoms. The molecular weight excluding hydrogens is 293 g/mol. The van der Waals surface area contributed by atoms with E-state index in [-0.39, 0.29) is 30.2 Å². The van der Waals surface area contributed by atoms with Crippen molar-refractivity contribution in [2.24, 2.45) is 5.73 Å². The molecule has 1 aliphatic heterocycles. The molecule has 20 heavy (non-hydrogen) atoms.